The third-order valence-corrected chi connectivity index (χ3v) is 1.87. The molecule has 1 atom stereocenters. The highest BCUT2D eigenvalue weighted by Gasteiger charge is 2.28. The number of thiocarbonyl (C=S) groups is 1. The molecule has 13 heavy (non-hydrogen) atoms. The molecule has 0 spiro atoms. The van der Waals surface area contributed by atoms with E-state index in [9.17, 15) is 4.79 Å². The van der Waals surface area contributed by atoms with Gasteiger partial charge in [-0.25, -0.2) is 0 Å². The number of hydrogen-bond donors (Lipinski definition) is 2. The number of ether oxygens (including phenoxy) is 1. The predicted octanol–water partition coefficient (Wildman–Crippen LogP) is -0.241. The molecule has 0 aromatic heterocycles. The molecule has 5 nitrogen and oxygen atoms in total. The van der Waals surface area contributed by atoms with Crippen molar-refractivity contribution in [2.24, 2.45) is 16.8 Å². The van der Waals surface area contributed by atoms with Crippen molar-refractivity contribution >= 4 is 29.0 Å². The van der Waals surface area contributed by atoms with Gasteiger partial charge >= 0.3 is 5.97 Å². The minimum Gasteiger partial charge on any atom is -0.465 e. The van der Waals surface area contributed by atoms with Crippen LogP contribution in [-0.2, 0) is 9.53 Å². The molecule has 1 fully saturated rings. The number of rotatable bonds is 2. The van der Waals surface area contributed by atoms with Gasteiger partial charge in [0.05, 0.1) is 12.5 Å². The number of carbonyl (C=O) groups excluding carboxylic acids is 1. The van der Waals surface area contributed by atoms with E-state index in [2.05, 4.69) is 22.7 Å². The van der Waals surface area contributed by atoms with Crippen LogP contribution in [0, 0.1) is 5.92 Å². The van der Waals surface area contributed by atoms with Crippen molar-refractivity contribution in [3.8, 4) is 0 Å². The number of cyclic esters (lactones) is 1. The van der Waals surface area contributed by atoms with Crippen LogP contribution in [0.3, 0.4) is 0 Å². The van der Waals surface area contributed by atoms with Gasteiger partial charge < -0.3 is 10.5 Å². The molecule has 0 bridgehead atoms. The summed E-state index contributed by atoms with van der Waals surface area (Å²) in [6.45, 7) is 2.20. The van der Waals surface area contributed by atoms with Gasteiger partial charge in [-0.1, -0.05) is 0 Å². The number of hydrogen-bond acceptors (Lipinski definition) is 4. The second-order valence-electron chi connectivity index (χ2n) is 2.74. The smallest absolute Gasteiger partial charge is 0.314 e. The highest BCUT2D eigenvalue weighted by Crippen LogP contribution is 2.15. The van der Waals surface area contributed by atoms with Crippen molar-refractivity contribution in [1.82, 2.24) is 5.43 Å². The SMILES string of the molecule is C/C(=N\NC(N)=S)C1CCOC1=O. The Morgan fingerprint density at radius 1 is 1.85 bits per heavy atom. The summed E-state index contributed by atoms with van der Waals surface area (Å²) in [6.07, 6.45) is 0.674. The van der Waals surface area contributed by atoms with E-state index in [1.807, 2.05) is 0 Å². The van der Waals surface area contributed by atoms with E-state index in [0.717, 1.165) is 0 Å². The van der Waals surface area contributed by atoms with Gasteiger partial charge in [0.2, 0.25) is 0 Å². The van der Waals surface area contributed by atoms with Crippen LogP contribution in [0.25, 0.3) is 0 Å². The predicted molar refractivity (Wildman–Crippen MR) is 52.1 cm³/mol. The molecule has 0 radical (unpaired) electrons. The van der Waals surface area contributed by atoms with Crippen molar-refractivity contribution < 1.29 is 9.53 Å². The normalized spacial score (nSPS) is 22.7. The summed E-state index contributed by atoms with van der Waals surface area (Å²) >= 11 is 4.56. The van der Waals surface area contributed by atoms with Crippen LogP contribution < -0.4 is 11.2 Å². The quantitative estimate of drug-likeness (QED) is 0.279. The number of esters is 1. The molecule has 0 aromatic carbocycles. The zero-order chi connectivity index (χ0) is 9.84. The lowest BCUT2D eigenvalue weighted by atomic mass is 10.0. The Kier molecular flexibility index (Phi) is 3.18. The first-order chi connectivity index (χ1) is 6.11. The number of nitrogens with one attached hydrogen (secondary N) is 1. The fourth-order valence-electron chi connectivity index (χ4n) is 1.10. The minimum absolute atomic E-state index is 0.0886. The summed E-state index contributed by atoms with van der Waals surface area (Å²) in [5.74, 6) is -0.479. The first-order valence-electron chi connectivity index (χ1n) is 3.87. The number of nitrogens with two attached hydrogens (primary N) is 1. The average Bonchev–Trinajstić information content (AvgIpc) is 2.47. The largest absolute Gasteiger partial charge is 0.465 e. The fourth-order valence-corrected chi connectivity index (χ4v) is 1.14. The van der Waals surface area contributed by atoms with E-state index in [0.29, 0.717) is 18.7 Å². The van der Waals surface area contributed by atoms with Gasteiger partial charge in [0.25, 0.3) is 0 Å². The van der Waals surface area contributed by atoms with Crippen molar-refractivity contribution in [3.05, 3.63) is 0 Å². The summed E-state index contributed by atoms with van der Waals surface area (Å²) in [7, 11) is 0. The van der Waals surface area contributed by atoms with Crippen molar-refractivity contribution in [2.45, 2.75) is 13.3 Å². The second-order valence-corrected chi connectivity index (χ2v) is 3.18. The molecule has 1 saturated heterocycles. The molecule has 1 rings (SSSR count). The highest BCUT2D eigenvalue weighted by molar-refractivity contribution is 7.80. The monoisotopic (exact) mass is 201 g/mol. The maximum atomic E-state index is 11.1. The van der Waals surface area contributed by atoms with Gasteiger partial charge in [0, 0.05) is 12.1 Å². The van der Waals surface area contributed by atoms with Crippen LogP contribution in [0.2, 0.25) is 0 Å². The van der Waals surface area contributed by atoms with Gasteiger partial charge in [0.1, 0.15) is 0 Å². The van der Waals surface area contributed by atoms with Crippen molar-refractivity contribution in [2.75, 3.05) is 6.61 Å². The van der Waals surface area contributed by atoms with E-state index < -0.39 is 0 Å². The second kappa shape index (κ2) is 4.18. The zero-order valence-corrected chi connectivity index (χ0v) is 8.06. The average molecular weight is 201 g/mol. The maximum absolute atomic E-state index is 11.1. The molecule has 1 unspecified atom stereocenters. The number of hydrazone groups is 1. The van der Waals surface area contributed by atoms with E-state index in [-0.39, 0.29) is 17.0 Å². The lowest BCUT2D eigenvalue weighted by molar-refractivity contribution is -0.139. The summed E-state index contributed by atoms with van der Waals surface area (Å²) < 4.78 is 4.78. The molecule has 0 aliphatic carbocycles. The van der Waals surface area contributed by atoms with E-state index in [4.69, 9.17) is 10.5 Å². The van der Waals surface area contributed by atoms with Crippen molar-refractivity contribution in [1.29, 1.82) is 0 Å². The van der Waals surface area contributed by atoms with Gasteiger partial charge in [-0.3, -0.25) is 10.2 Å². The Bertz CT molecular complexity index is 264. The molecule has 6 heteroatoms. The number of nitrogens with zero attached hydrogens (tertiary/aromatic N) is 1. The highest BCUT2D eigenvalue weighted by atomic mass is 32.1. The summed E-state index contributed by atoms with van der Waals surface area (Å²) in [4.78, 5) is 11.1. The lowest BCUT2D eigenvalue weighted by Crippen LogP contribution is -2.27. The Morgan fingerprint density at radius 3 is 3.00 bits per heavy atom. The zero-order valence-electron chi connectivity index (χ0n) is 7.24. The molecule has 3 N–H and O–H groups in total. The number of carbonyl (C=O) groups is 1. The first-order valence-corrected chi connectivity index (χ1v) is 4.28. The third kappa shape index (κ3) is 2.66. The first kappa shape index (κ1) is 9.91. The molecule has 0 amide bonds. The summed E-state index contributed by atoms with van der Waals surface area (Å²) in [6, 6.07) is 0. The lowest BCUT2D eigenvalue weighted by Gasteiger charge is -2.04. The van der Waals surface area contributed by atoms with Crippen LogP contribution in [-0.4, -0.2) is 23.4 Å². The maximum Gasteiger partial charge on any atom is 0.314 e. The minimum atomic E-state index is -0.248. The molecular weight excluding hydrogens is 190 g/mol. The van der Waals surface area contributed by atoms with E-state index >= 15 is 0 Å². The van der Waals surface area contributed by atoms with Crippen LogP contribution in [0.5, 0.6) is 0 Å². The Balaban J connectivity index is 2.55. The van der Waals surface area contributed by atoms with E-state index in [1.165, 1.54) is 0 Å². The van der Waals surface area contributed by atoms with Gasteiger partial charge in [-0.2, -0.15) is 5.10 Å². The summed E-state index contributed by atoms with van der Waals surface area (Å²) in [5.41, 5.74) is 8.25. The molecule has 72 valence electrons. The fraction of sp³-hybridized carbons (Fsp3) is 0.571. The molecule has 1 aliphatic rings. The molecular formula is C7H11N3O2S. The van der Waals surface area contributed by atoms with Crippen LogP contribution in [0.1, 0.15) is 13.3 Å². The molecule has 0 saturated carbocycles. The Hall–Kier alpha value is -1.17. The molecule has 0 aromatic rings. The third-order valence-electron chi connectivity index (χ3n) is 1.78. The molecule has 1 aliphatic heterocycles. The van der Waals surface area contributed by atoms with Gasteiger partial charge in [0.15, 0.2) is 5.11 Å². The Morgan fingerprint density at radius 2 is 2.54 bits per heavy atom. The standard InChI is InChI=1S/C7H11N3O2S/c1-4(9-10-7(8)13)5-2-3-12-6(5)11/h5H,2-3H2,1H3,(H3,8,10,13)/b9-4+. The van der Waals surface area contributed by atoms with E-state index in [1.54, 1.807) is 6.92 Å². The van der Waals surface area contributed by atoms with Gasteiger partial charge in [-0.15, -0.1) is 0 Å². The van der Waals surface area contributed by atoms with Crippen LogP contribution >= 0.6 is 12.2 Å². The Labute approximate surface area is 81.3 Å². The summed E-state index contributed by atoms with van der Waals surface area (Å²) in [5, 5.41) is 3.94. The van der Waals surface area contributed by atoms with Crippen molar-refractivity contribution in [3.63, 3.8) is 0 Å². The van der Waals surface area contributed by atoms with Crippen LogP contribution in [0.4, 0.5) is 0 Å². The topological polar surface area (TPSA) is 76.7 Å². The van der Waals surface area contributed by atoms with Gasteiger partial charge in [-0.05, 0) is 19.1 Å². The van der Waals surface area contributed by atoms with Crippen LogP contribution in [0.15, 0.2) is 5.10 Å². The molecule has 1 heterocycles.